The molecule has 0 aliphatic carbocycles. The van der Waals surface area contributed by atoms with Crippen LogP contribution < -0.4 is 5.32 Å². The Balaban J connectivity index is 2.03. The molecular formula is C17H19N5O. The lowest BCUT2D eigenvalue weighted by atomic mass is 10.1. The standard InChI is InChI=1S/C17H19N5O/c1-4-12(3)22-16-15(10-19-22)14(9-11(2)20-16)17(23)21-13-5-7-18-8-6-13/h5-10,12H,4H2,1-3H3,(H,18,21,23). The van der Waals surface area contributed by atoms with Crippen LogP contribution in [0.1, 0.15) is 42.4 Å². The normalized spacial score (nSPS) is 12.3. The number of carbonyl (C=O) groups excluding carboxylic acids is 1. The zero-order valence-corrected chi connectivity index (χ0v) is 13.4. The van der Waals surface area contributed by atoms with Gasteiger partial charge in [0.15, 0.2) is 5.65 Å². The van der Waals surface area contributed by atoms with E-state index in [2.05, 4.69) is 34.2 Å². The van der Waals surface area contributed by atoms with Crippen LogP contribution in [0.4, 0.5) is 5.69 Å². The van der Waals surface area contributed by atoms with E-state index in [0.29, 0.717) is 11.3 Å². The molecule has 0 radical (unpaired) electrons. The Kier molecular flexibility index (Phi) is 4.06. The van der Waals surface area contributed by atoms with Crippen LogP contribution >= 0.6 is 0 Å². The molecule has 3 aromatic heterocycles. The first-order chi connectivity index (χ1) is 11.1. The highest BCUT2D eigenvalue weighted by Crippen LogP contribution is 2.23. The highest BCUT2D eigenvalue weighted by molar-refractivity contribution is 6.11. The summed E-state index contributed by atoms with van der Waals surface area (Å²) in [5.41, 5.74) is 2.84. The van der Waals surface area contributed by atoms with E-state index in [1.54, 1.807) is 36.8 Å². The molecule has 0 bridgehead atoms. The van der Waals surface area contributed by atoms with Crippen molar-refractivity contribution in [1.29, 1.82) is 0 Å². The minimum Gasteiger partial charge on any atom is -0.322 e. The van der Waals surface area contributed by atoms with Crippen molar-refractivity contribution in [3.8, 4) is 0 Å². The predicted octanol–water partition coefficient (Wildman–Crippen LogP) is 3.36. The van der Waals surface area contributed by atoms with Gasteiger partial charge in [0.2, 0.25) is 0 Å². The number of aryl methyl sites for hydroxylation is 1. The molecule has 23 heavy (non-hydrogen) atoms. The number of hydrogen-bond donors (Lipinski definition) is 1. The molecule has 118 valence electrons. The number of nitrogens with zero attached hydrogens (tertiary/aromatic N) is 4. The van der Waals surface area contributed by atoms with E-state index >= 15 is 0 Å². The first-order valence-electron chi connectivity index (χ1n) is 7.66. The summed E-state index contributed by atoms with van der Waals surface area (Å²) in [5, 5.41) is 8.07. The van der Waals surface area contributed by atoms with Crippen LogP contribution in [0, 0.1) is 6.92 Å². The van der Waals surface area contributed by atoms with Crippen LogP contribution in [0.2, 0.25) is 0 Å². The largest absolute Gasteiger partial charge is 0.322 e. The lowest BCUT2D eigenvalue weighted by Gasteiger charge is -2.11. The van der Waals surface area contributed by atoms with Crippen molar-refractivity contribution in [3.63, 3.8) is 0 Å². The fraction of sp³-hybridized carbons (Fsp3) is 0.294. The van der Waals surface area contributed by atoms with Gasteiger partial charge in [-0.15, -0.1) is 0 Å². The topological polar surface area (TPSA) is 72.7 Å². The molecule has 0 aromatic carbocycles. The van der Waals surface area contributed by atoms with Gasteiger partial charge in [0.05, 0.1) is 23.2 Å². The molecule has 3 aromatic rings. The molecular weight excluding hydrogens is 290 g/mol. The van der Waals surface area contributed by atoms with Gasteiger partial charge >= 0.3 is 0 Å². The highest BCUT2D eigenvalue weighted by atomic mass is 16.1. The Labute approximate surface area is 134 Å². The molecule has 6 nitrogen and oxygen atoms in total. The van der Waals surface area contributed by atoms with Crippen molar-refractivity contribution in [2.45, 2.75) is 33.2 Å². The highest BCUT2D eigenvalue weighted by Gasteiger charge is 2.17. The van der Waals surface area contributed by atoms with E-state index in [4.69, 9.17) is 0 Å². The molecule has 1 N–H and O–H groups in total. The minimum atomic E-state index is -0.171. The Bertz CT molecular complexity index is 841. The van der Waals surface area contributed by atoms with Crippen molar-refractivity contribution >= 4 is 22.6 Å². The number of anilines is 1. The SMILES string of the molecule is CCC(C)n1ncc2c(C(=O)Nc3ccncc3)cc(C)nc21. The summed E-state index contributed by atoms with van der Waals surface area (Å²) in [6, 6.07) is 5.54. The number of fused-ring (bicyclic) bond motifs is 1. The predicted molar refractivity (Wildman–Crippen MR) is 89.5 cm³/mol. The van der Waals surface area contributed by atoms with Crippen LogP contribution in [-0.2, 0) is 0 Å². The summed E-state index contributed by atoms with van der Waals surface area (Å²) in [6.07, 6.45) is 5.95. The monoisotopic (exact) mass is 309 g/mol. The lowest BCUT2D eigenvalue weighted by Crippen LogP contribution is -2.13. The van der Waals surface area contributed by atoms with Gasteiger partial charge in [-0.2, -0.15) is 5.10 Å². The Morgan fingerprint density at radius 2 is 2.09 bits per heavy atom. The Morgan fingerprint density at radius 1 is 1.35 bits per heavy atom. The minimum absolute atomic E-state index is 0.171. The molecule has 0 saturated heterocycles. The fourth-order valence-electron chi connectivity index (χ4n) is 2.46. The maximum Gasteiger partial charge on any atom is 0.256 e. The second-order valence-electron chi connectivity index (χ2n) is 5.58. The molecule has 0 aliphatic heterocycles. The van der Waals surface area contributed by atoms with Crippen LogP contribution in [0.3, 0.4) is 0 Å². The Hall–Kier alpha value is -2.76. The van der Waals surface area contributed by atoms with Crippen molar-refractivity contribution in [1.82, 2.24) is 19.7 Å². The second-order valence-corrected chi connectivity index (χ2v) is 5.58. The summed E-state index contributed by atoms with van der Waals surface area (Å²) >= 11 is 0. The maximum atomic E-state index is 12.6. The quantitative estimate of drug-likeness (QED) is 0.802. The molecule has 0 saturated carbocycles. The number of amides is 1. The van der Waals surface area contributed by atoms with Crippen LogP contribution in [0.15, 0.2) is 36.8 Å². The number of carbonyl (C=O) groups is 1. The van der Waals surface area contributed by atoms with Gasteiger partial charge in [0.25, 0.3) is 5.91 Å². The van der Waals surface area contributed by atoms with E-state index in [0.717, 1.165) is 23.1 Å². The summed E-state index contributed by atoms with van der Waals surface area (Å²) in [4.78, 5) is 21.1. The summed E-state index contributed by atoms with van der Waals surface area (Å²) in [5.74, 6) is -0.171. The third kappa shape index (κ3) is 2.92. The van der Waals surface area contributed by atoms with Gasteiger partial charge in [-0.1, -0.05) is 6.92 Å². The molecule has 0 aliphatic rings. The van der Waals surface area contributed by atoms with Gasteiger partial charge in [0, 0.05) is 23.8 Å². The first kappa shape index (κ1) is 15.1. The first-order valence-corrected chi connectivity index (χ1v) is 7.66. The van der Waals surface area contributed by atoms with E-state index in [9.17, 15) is 4.79 Å². The number of rotatable bonds is 4. The van der Waals surface area contributed by atoms with Crippen molar-refractivity contribution in [2.24, 2.45) is 0 Å². The van der Waals surface area contributed by atoms with Crippen LogP contribution in [0.5, 0.6) is 0 Å². The number of nitrogens with one attached hydrogen (secondary N) is 1. The van der Waals surface area contributed by atoms with Crippen LogP contribution in [-0.4, -0.2) is 25.7 Å². The molecule has 3 rings (SSSR count). The van der Waals surface area contributed by atoms with Gasteiger partial charge < -0.3 is 5.32 Å². The van der Waals surface area contributed by atoms with Crippen molar-refractivity contribution < 1.29 is 4.79 Å². The van der Waals surface area contributed by atoms with Gasteiger partial charge in [-0.25, -0.2) is 9.67 Å². The zero-order chi connectivity index (χ0) is 16.4. The molecule has 0 fully saturated rings. The zero-order valence-electron chi connectivity index (χ0n) is 13.4. The molecule has 1 atom stereocenters. The van der Waals surface area contributed by atoms with Gasteiger partial charge in [-0.05, 0) is 38.5 Å². The van der Waals surface area contributed by atoms with Crippen molar-refractivity contribution in [2.75, 3.05) is 5.32 Å². The molecule has 3 heterocycles. The smallest absolute Gasteiger partial charge is 0.256 e. The van der Waals surface area contributed by atoms with Crippen LogP contribution in [0.25, 0.3) is 11.0 Å². The third-order valence-corrected chi connectivity index (χ3v) is 3.89. The lowest BCUT2D eigenvalue weighted by molar-refractivity contribution is 0.102. The summed E-state index contributed by atoms with van der Waals surface area (Å²) in [7, 11) is 0. The maximum absolute atomic E-state index is 12.6. The van der Waals surface area contributed by atoms with E-state index in [1.807, 2.05) is 11.6 Å². The molecule has 1 amide bonds. The summed E-state index contributed by atoms with van der Waals surface area (Å²) < 4.78 is 1.88. The van der Waals surface area contributed by atoms with Crippen molar-refractivity contribution in [3.05, 3.63) is 48.0 Å². The number of hydrogen-bond acceptors (Lipinski definition) is 4. The third-order valence-electron chi connectivity index (χ3n) is 3.89. The molecule has 0 spiro atoms. The summed E-state index contributed by atoms with van der Waals surface area (Å²) in [6.45, 7) is 6.08. The van der Waals surface area contributed by atoms with Gasteiger partial charge in [0.1, 0.15) is 0 Å². The van der Waals surface area contributed by atoms with E-state index in [-0.39, 0.29) is 11.9 Å². The van der Waals surface area contributed by atoms with E-state index in [1.165, 1.54) is 0 Å². The molecule has 6 heteroatoms. The van der Waals surface area contributed by atoms with E-state index < -0.39 is 0 Å². The average Bonchev–Trinajstić information content (AvgIpc) is 2.97. The average molecular weight is 309 g/mol. The fourth-order valence-corrected chi connectivity index (χ4v) is 2.46. The molecule has 1 unspecified atom stereocenters. The Morgan fingerprint density at radius 3 is 2.78 bits per heavy atom. The second kappa shape index (κ2) is 6.16. The number of pyridine rings is 2. The number of aromatic nitrogens is 4. The van der Waals surface area contributed by atoms with Gasteiger partial charge in [-0.3, -0.25) is 9.78 Å².